The number of pyridine rings is 1. The summed E-state index contributed by atoms with van der Waals surface area (Å²) in [7, 11) is 1.87. The lowest BCUT2D eigenvalue weighted by atomic mass is 9.98. The van der Waals surface area contributed by atoms with Crippen molar-refractivity contribution in [3.05, 3.63) is 52.5 Å². The Morgan fingerprint density at radius 1 is 1.44 bits per heavy atom. The summed E-state index contributed by atoms with van der Waals surface area (Å²) in [5.41, 5.74) is 2.55. The summed E-state index contributed by atoms with van der Waals surface area (Å²) in [6.45, 7) is 1.99. The molecule has 0 amide bonds. The fourth-order valence-electron chi connectivity index (χ4n) is 1.97. The van der Waals surface area contributed by atoms with E-state index in [-0.39, 0.29) is 11.5 Å². The van der Waals surface area contributed by atoms with Gasteiger partial charge in [-0.25, -0.2) is 0 Å². The molecule has 1 atom stereocenters. The molecule has 1 unspecified atom stereocenters. The highest BCUT2D eigenvalue weighted by Crippen LogP contribution is 2.20. The normalized spacial score (nSPS) is 12.1. The Bertz CT molecular complexity index is 579. The molecule has 0 fully saturated rings. The molecule has 5 nitrogen and oxygen atoms in total. The first-order chi connectivity index (χ1) is 8.72. The number of H-pyrrole nitrogens is 1. The molecule has 0 spiro atoms. The number of nitrogens with one attached hydrogen (secondary N) is 2. The van der Waals surface area contributed by atoms with Gasteiger partial charge in [0.1, 0.15) is 5.69 Å². The minimum atomic E-state index is -0.125. The molecule has 0 radical (unpaired) electrons. The van der Waals surface area contributed by atoms with Gasteiger partial charge in [-0.05, 0) is 18.1 Å². The second kappa shape index (κ2) is 5.44. The van der Waals surface area contributed by atoms with Crippen LogP contribution in [0.25, 0.3) is 0 Å². The third-order valence-corrected chi connectivity index (χ3v) is 2.90. The standard InChI is InChI=1S/C13H16N4O/c1-9(12-13(18)17-6-5-16-12)7-10-8-15-4-3-11(10)14-2/h3-6,8-9H,7H2,1-2H3,(H,14,15)(H,17,18). The maximum absolute atomic E-state index is 11.7. The molecule has 2 aromatic heterocycles. The zero-order chi connectivity index (χ0) is 13.0. The van der Waals surface area contributed by atoms with E-state index in [2.05, 4.69) is 20.3 Å². The molecule has 5 heteroatoms. The largest absolute Gasteiger partial charge is 0.388 e. The quantitative estimate of drug-likeness (QED) is 0.856. The van der Waals surface area contributed by atoms with Crippen molar-refractivity contribution < 1.29 is 0 Å². The van der Waals surface area contributed by atoms with Crippen LogP contribution in [0.5, 0.6) is 0 Å². The summed E-state index contributed by atoms with van der Waals surface area (Å²) in [5, 5.41) is 3.12. The van der Waals surface area contributed by atoms with Crippen molar-refractivity contribution in [3.8, 4) is 0 Å². The molecule has 94 valence electrons. The van der Waals surface area contributed by atoms with Crippen LogP contribution in [0.1, 0.15) is 24.1 Å². The van der Waals surface area contributed by atoms with Crippen LogP contribution in [-0.2, 0) is 6.42 Å². The number of rotatable bonds is 4. The lowest BCUT2D eigenvalue weighted by Crippen LogP contribution is -2.18. The minimum absolute atomic E-state index is 0.0475. The van der Waals surface area contributed by atoms with Crippen LogP contribution < -0.4 is 10.9 Å². The van der Waals surface area contributed by atoms with Crippen LogP contribution in [-0.4, -0.2) is 22.0 Å². The van der Waals surface area contributed by atoms with Crippen molar-refractivity contribution in [3.63, 3.8) is 0 Å². The highest BCUT2D eigenvalue weighted by Gasteiger charge is 2.13. The van der Waals surface area contributed by atoms with E-state index >= 15 is 0 Å². The van der Waals surface area contributed by atoms with E-state index in [1.54, 1.807) is 18.6 Å². The van der Waals surface area contributed by atoms with Gasteiger partial charge in [0, 0.05) is 43.4 Å². The molecule has 0 aliphatic heterocycles. The fraction of sp³-hybridized carbons (Fsp3) is 0.308. The molecule has 18 heavy (non-hydrogen) atoms. The summed E-state index contributed by atoms with van der Waals surface area (Å²) in [6.07, 6.45) is 7.44. The third-order valence-electron chi connectivity index (χ3n) is 2.90. The smallest absolute Gasteiger partial charge is 0.269 e. The molecule has 0 aliphatic carbocycles. The number of hydrogen-bond acceptors (Lipinski definition) is 4. The van der Waals surface area contributed by atoms with Gasteiger partial charge in [-0.1, -0.05) is 6.92 Å². The highest BCUT2D eigenvalue weighted by atomic mass is 16.1. The Hall–Kier alpha value is -2.17. The number of anilines is 1. The van der Waals surface area contributed by atoms with Crippen molar-refractivity contribution in [1.82, 2.24) is 15.0 Å². The molecule has 0 saturated carbocycles. The zero-order valence-electron chi connectivity index (χ0n) is 10.5. The molecule has 0 saturated heterocycles. The molecule has 0 bridgehead atoms. The summed E-state index contributed by atoms with van der Waals surface area (Å²) in [4.78, 5) is 22.6. The SMILES string of the molecule is CNc1ccncc1CC(C)c1ncc[nH]c1=O. The van der Waals surface area contributed by atoms with Gasteiger partial charge in [0.25, 0.3) is 5.56 Å². The first-order valence-electron chi connectivity index (χ1n) is 5.86. The van der Waals surface area contributed by atoms with Crippen LogP contribution >= 0.6 is 0 Å². The first-order valence-corrected chi connectivity index (χ1v) is 5.86. The molecular formula is C13H16N4O. The van der Waals surface area contributed by atoms with E-state index in [0.717, 1.165) is 17.7 Å². The Morgan fingerprint density at radius 2 is 2.28 bits per heavy atom. The second-order valence-corrected chi connectivity index (χ2v) is 4.19. The highest BCUT2D eigenvalue weighted by molar-refractivity contribution is 5.49. The predicted octanol–water partition coefficient (Wildman–Crippen LogP) is 1.55. The van der Waals surface area contributed by atoms with E-state index in [1.807, 2.05) is 26.2 Å². The Morgan fingerprint density at radius 3 is 3.00 bits per heavy atom. The summed E-state index contributed by atoms with van der Waals surface area (Å²) in [5.74, 6) is 0.0475. The van der Waals surface area contributed by atoms with Crippen molar-refractivity contribution in [2.75, 3.05) is 12.4 Å². The number of aromatic nitrogens is 3. The monoisotopic (exact) mass is 244 g/mol. The number of hydrogen-bond donors (Lipinski definition) is 2. The summed E-state index contributed by atoms with van der Waals surface area (Å²) >= 11 is 0. The van der Waals surface area contributed by atoms with Crippen LogP contribution in [0, 0.1) is 0 Å². The maximum atomic E-state index is 11.7. The lowest BCUT2D eigenvalue weighted by molar-refractivity contribution is 0.713. The Balaban J connectivity index is 2.24. The lowest BCUT2D eigenvalue weighted by Gasteiger charge is -2.12. The average Bonchev–Trinajstić information content (AvgIpc) is 2.39. The van der Waals surface area contributed by atoms with Crippen molar-refractivity contribution in [1.29, 1.82) is 0 Å². The molecule has 0 aromatic carbocycles. The van der Waals surface area contributed by atoms with Gasteiger partial charge in [0.15, 0.2) is 0 Å². The van der Waals surface area contributed by atoms with Gasteiger partial charge < -0.3 is 10.3 Å². The second-order valence-electron chi connectivity index (χ2n) is 4.19. The van der Waals surface area contributed by atoms with Crippen LogP contribution in [0.3, 0.4) is 0 Å². The van der Waals surface area contributed by atoms with Gasteiger partial charge in [-0.3, -0.25) is 14.8 Å². The van der Waals surface area contributed by atoms with E-state index < -0.39 is 0 Å². The van der Waals surface area contributed by atoms with Gasteiger partial charge in [-0.2, -0.15) is 0 Å². The van der Waals surface area contributed by atoms with E-state index in [4.69, 9.17) is 0 Å². The van der Waals surface area contributed by atoms with Crippen molar-refractivity contribution >= 4 is 5.69 Å². The topological polar surface area (TPSA) is 70.7 Å². The average molecular weight is 244 g/mol. The van der Waals surface area contributed by atoms with Crippen LogP contribution in [0.4, 0.5) is 5.69 Å². The molecular weight excluding hydrogens is 228 g/mol. The predicted molar refractivity (Wildman–Crippen MR) is 70.8 cm³/mol. The van der Waals surface area contributed by atoms with E-state index in [1.165, 1.54) is 0 Å². The van der Waals surface area contributed by atoms with E-state index in [9.17, 15) is 4.79 Å². The minimum Gasteiger partial charge on any atom is -0.388 e. The molecule has 2 heterocycles. The molecule has 2 rings (SSSR count). The summed E-state index contributed by atoms with van der Waals surface area (Å²) < 4.78 is 0. The third kappa shape index (κ3) is 2.56. The number of aromatic amines is 1. The van der Waals surface area contributed by atoms with Crippen LogP contribution in [0.2, 0.25) is 0 Å². The first kappa shape index (κ1) is 12.3. The van der Waals surface area contributed by atoms with Crippen LogP contribution in [0.15, 0.2) is 35.6 Å². The maximum Gasteiger partial charge on any atom is 0.269 e. The Labute approximate surface area is 105 Å². The van der Waals surface area contributed by atoms with E-state index in [0.29, 0.717) is 5.69 Å². The van der Waals surface area contributed by atoms with Crippen molar-refractivity contribution in [2.45, 2.75) is 19.3 Å². The summed E-state index contributed by atoms with van der Waals surface area (Å²) in [6, 6.07) is 1.92. The fourth-order valence-corrected chi connectivity index (χ4v) is 1.97. The molecule has 0 aliphatic rings. The van der Waals surface area contributed by atoms with Gasteiger partial charge >= 0.3 is 0 Å². The van der Waals surface area contributed by atoms with Gasteiger partial charge in [0.2, 0.25) is 0 Å². The van der Waals surface area contributed by atoms with Crippen molar-refractivity contribution in [2.24, 2.45) is 0 Å². The number of nitrogens with zero attached hydrogens (tertiary/aromatic N) is 2. The molecule has 2 aromatic rings. The van der Waals surface area contributed by atoms with Gasteiger partial charge in [0.05, 0.1) is 0 Å². The zero-order valence-corrected chi connectivity index (χ0v) is 10.5. The van der Waals surface area contributed by atoms with Gasteiger partial charge in [-0.15, -0.1) is 0 Å². The molecule has 2 N–H and O–H groups in total. The Kier molecular flexibility index (Phi) is 3.72.